The fourth-order valence-electron chi connectivity index (χ4n) is 4.03. The van der Waals surface area contributed by atoms with E-state index in [4.69, 9.17) is 4.74 Å². The van der Waals surface area contributed by atoms with Crippen LogP contribution in [0.3, 0.4) is 0 Å². The highest BCUT2D eigenvalue weighted by atomic mass is 16.5. The third-order valence-electron chi connectivity index (χ3n) is 5.32. The number of hydrogen-bond acceptors (Lipinski definition) is 3. The molecule has 0 saturated carbocycles. The molecule has 2 aromatic rings. The van der Waals surface area contributed by atoms with Crippen molar-refractivity contribution in [3.05, 3.63) is 58.7 Å². The number of nitrogens with one attached hydrogen (secondary N) is 3. The molecule has 1 fully saturated rings. The molecule has 4 rings (SSSR count). The Bertz CT molecular complexity index is 956. The summed E-state index contributed by atoms with van der Waals surface area (Å²) in [6.07, 6.45) is 0. The minimum absolute atomic E-state index is 0.200. The van der Waals surface area contributed by atoms with Crippen molar-refractivity contribution in [3.63, 3.8) is 0 Å². The number of aryl methyl sites for hydroxylation is 3. The first-order valence-electron chi connectivity index (χ1n) is 9.03. The second-order valence-electron chi connectivity index (χ2n) is 7.61. The Hall–Kier alpha value is -3.02. The number of benzene rings is 2. The van der Waals surface area contributed by atoms with Gasteiger partial charge in [-0.1, -0.05) is 35.4 Å². The monoisotopic (exact) mass is 365 g/mol. The summed E-state index contributed by atoms with van der Waals surface area (Å²) in [5, 5.41) is 8.70. The molecule has 1 saturated heterocycles. The zero-order valence-corrected chi connectivity index (χ0v) is 15.8. The normalized spacial score (nSPS) is 25.6. The van der Waals surface area contributed by atoms with Crippen LogP contribution in [0.4, 0.5) is 10.5 Å². The lowest BCUT2D eigenvalue weighted by Crippen LogP contribution is -2.70. The highest BCUT2D eigenvalue weighted by Crippen LogP contribution is 2.45. The van der Waals surface area contributed by atoms with Crippen LogP contribution in [0.2, 0.25) is 0 Å². The largest absolute Gasteiger partial charge is 0.467 e. The van der Waals surface area contributed by atoms with E-state index in [1.807, 2.05) is 57.2 Å². The lowest BCUT2D eigenvalue weighted by Gasteiger charge is -2.49. The maximum Gasteiger partial charge on any atom is 0.318 e. The van der Waals surface area contributed by atoms with E-state index in [2.05, 4.69) is 16.0 Å². The Balaban J connectivity index is 1.73. The van der Waals surface area contributed by atoms with Gasteiger partial charge in [-0.3, -0.25) is 10.1 Å². The summed E-state index contributed by atoms with van der Waals surface area (Å²) in [5.41, 5.74) is 3.62. The predicted octanol–water partition coefficient (Wildman–Crippen LogP) is 3.33. The van der Waals surface area contributed by atoms with E-state index in [-0.39, 0.29) is 11.9 Å². The number of carbonyl (C=O) groups excluding carboxylic acids is 2. The van der Waals surface area contributed by atoms with Crippen LogP contribution in [0, 0.1) is 26.7 Å². The van der Waals surface area contributed by atoms with Gasteiger partial charge in [0.15, 0.2) is 5.72 Å². The van der Waals surface area contributed by atoms with Crippen molar-refractivity contribution in [1.82, 2.24) is 10.6 Å². The minimum Gasteiger partial charge on any atom is -0.467 e. The van der Waals surface area contributed by atoms with Crippen molar-refractivity contribution in [2.45, 2.75) is 39.5 Å². The molecule has 3 atom stereocenters. The fourth-order valence-corrected chi connectivity index (χ4v) is 4.03. The van der Waals surface area contributed by atoms with Crippen molar-refractivity contribution in [2.75, 3.05) is 5.32 Å². The van der Waals surface area contributed by atoms with Crippen molar-refractivity contribution >= 4 is 17.6 Å². The van der Waals surface area contributed by atoms with Gasteiger partial charge in [-0.15, -0.1) is 0 Å². The van der Waals surface area contributed by atoms with Crippen molar-refractivity contribution in [3.8, 4) is 5.75 Å². The standard InChI is InChI=1S/C21H23N3O3/c1-11-5-7-15(13(3)9-11)22-19(25)17-18-14-10-12(2)6-8-16(14)27-21(17,4)24-20(26)23-18/h5-10,17-18H,1-4H3,(H,22,25)(H2,23,24,26). The quantitative estimate of drug-likeness (QED) is 0.764. The molecule has 3 unspecified atom stereocenters. The SMILES string of the molecule is Cc1ccc(NC(=O)C2C3NC(=O)NC2(C)Oc2ccc(C)cc23)c(C)c1. The average molecular weight is 365 g/mol. The lowest BCUT2D eigenvalue weighted by atomic mass is 9.79. The van der Waals surface area contributed by atoms with Gasteiger partial charge in [-0.05, 0) is 45.4 Å². The first-order chi connectivity index (χ1) is 12.8. The summed E-state index contributed by atoms with van der Waals surface area (Å²) in [5.74, 6) is -0.143. The molecule has 0 spiro atoms. The number of carbonyl (C=O) groups is 2. The van der Waals surface area contributed by atoms with E-state index < -0.39 is 17.7 Å². The number of ether oxygens (including phenoxy) is 1. The molecule has 2 bridgehead atoms. The molecular formula is C21H23N3O3. The van der Waals surface area contributed by atoms with Crippen molar-refractivity contribution < 1.29 is 14.3 Å². The fraction of sp³-hybridized carbons (Fsp3) is 0.333. The van der Waals surface area contributed by atoms with Crippen LogP contribution in [-0.2, 0) is 4.79 Å². The van der Waals surface area contributed by atoms with Gasteiger partial charge in [0.1, 0.15) is 11.7 Å². The van der Waals surface area contributed by atoms with Gasteiger partial charge in [0, 0.05) is 11.3 Å². The van der Waals surface area contributed by atoms with Crippen LogP contribution in [0.1, 0.15) is 35.2 Å². The van der Waals surface area contributed by atoms with E-state index >= 15 is 0 Å². The topological polar surface area (TPSA) is 79.5 Å². The molecule has 2 aliphatic heterocycles. The molecule has 2 heterocycles. The Morgan fingerprint density at radius 3 is 2.56 bits per heavy atom. The summed E-state index contributed by atoms with van der Waals surface area (Å²) in [6, 6.07) is 10.9. The first-order valence-corrected chi connectivity index (χ1v) is 9.03. The molecule has 0 aliphatic carbocycles. The van der Waals surface area contributed by atoms with Gasteiger partial charge in [0.25, 0.3) is 0 Å². The first kappa shape index (κ1) is 17.4. The van der Waals surface area contributed by atoms with Gasteiger partial charge in [-0.25, -0.2) is 4.79 Å². The van der Waals surface area contributed by atoms with Crippen LogP contribution in [0.15, 0.2) is 36.4 Å². The summed E-state index contributed by atoms with van der Waals surface area (Å²) in [4.78, 5) is 25.4. The van der Waals surface area contributed by atoms with Crippen LogP contribution >= 0.6 is 0 Å². The Labute approximate surface area is 158 Å². The molecule has 3 N–H and O–H groups in total. The molecular weight excluding hydrogens is 342 g/mol. The van der Waals surface area contributed by atoms with E-state index in [0.29, 0.717) is 5.75 Å². The number of anilines is 1. The van der Waals surface area contributed by atoms with Crippen molar-refractivity contribution in [2.24, 2.45) is 5.92 Å². The van der Waals surface area contributed by atoms with Gasteiger partial charge in [0.2, 0.25) is 5.91 Å². The van der Waals surface area contributed by atoms with Crippen molar-refractivity contribution in [1.29, 1.82) is 0 Å². The maximum absolute atomic E-state index is 13.2. The molecule has 6 nitrogen and oxygen atoms in total. The number of fused-ring (bicyclic) bond motifs is 4. The average Bonchev–Trinajstić information content (AvgIpc) is 2.57. The number of rotatable bonds is 2. The summed E-state index contributed by atoms with van der Waals surface area (Å²) >= 11 is 0. The smallest absolute Gasteiger partial charge is 0.318 e. The molecule has 2 aliphatic rings. The van der Waals surface area contributed by atoms with E-state index in [1.54, 1.807) is 6.92 Å². The second-order valence-corrected chi connectivity index (χ2v) is 7.61. The molecule has 3 amide bonds. The summed E-state index contributed by atoms with van der Waals surface area (Å²) in [7, 11) is 0. The van der Waals surface area contributed by atoms with Gasteiger partial charge in [-0.2, -0.15) is 0 Å². The van der Waals surface area contributed by atoms with Gasteiger partial charge in [0.05, 0.1) is 6.04 Å². The van der Waals surface area contributed by atoms with Gasteiger partial charge >= 0.3 is 6.03 Å². The number of hydrogen-bond donors (Lipinski definition) is 3. The Morgan fingerprint density at radius 2 is 1.81 bits per heavy atom. The summed E-state index contributed by atoms with van der Waals surface area (Å²) in [6.45, 7) is 7.69. The number of amides is 3. The molecule has 27 heavy (non-hydrogen) atoms. The molecule has 2 aromatic carbocycles. The molecule has 0 aromatic heterocycles. The van der Waals surface area contributed by atoms with Crippen LogP contribution in [0.25, 0.3) is 0 Å². The zero-order valence-electron chi connectivity index (χ0n) is 15.8. The molecule has 6 heteroatoms. The van der Waals surface area contributed by atoms with E-state index in [9.17, 15) is 9.59 Å². The molecule has 140 valence electrons. The highest BCUT2D eigenvalue weighted by Gasteiger charge is 2.55. The third kappa shape index (κ3) is 2.91. The Kier molecular flexibility index (Phi) is 3.87. The van der Waals surface area contributed by atoms with E-state index in [1.165, 1.54) is 0 Å². The van der Waals surface area contributed by atoms with Crippen LogP contribution in [-0.4, -0.2) is 17.7 Å². The highest BCUT2D eigenvalue weighted by molar-refractivity contribution is 5.96. The van der Waals surface area contributed by atoms with E-state index in [0.717, 1.165) is 27.9 Å². The maximum atomic E-state index is 13.2. The summed E-state index contributed by atoms with van der Waals surface area (Å²) < 4.78 is 6.10. The molecule has 0 radical (unpaired) electrons. The number of urea groups is 1. The third-order valence-corrected chi connectivity index (χ3v) is 5.32. The zero-order chi connectivity index (χ0) is 19.3. The van der Waals surface area contributed by atoms with Crippen LogP contribution < -0.4 is 20.7 Å². The minimum atomic E-state index is -1.13. The van der Waals surface area contributed by atoms with Gasteiger partial charge < -0.3 is 15.4 Å². The predicted molar refractivity (Wildman–Crippen MR) is 103 cm³/mol. The second kappa shape index (κ2) is 6.01. The van der Waals surface area contributed by atoms with Crippen LogP contribution in [0.5, 0.6) is 5.75 Å². The Morgan fingerprint density at radius 1 is 1.11 bits per heavy atom. The lowest BCUT2D eigenvalue weighted by molar-refractivity contribution is -0.133.